The molecule has 16 heavy (non-hydrogen) atoms. The Kier molecular flexibility index (Phi) is 2.69. The lowest BCUT2D eigenvalue weighted by Crippen LogP contribution is -2.03. The summed E-state index contributed by atoms with van der Waals surface area (Å²) in [5.74, 6) is 0.642. The van der Waals surface area contributed by atoms with E-state index in [1.54, 1.807) is 0 Å². The van der Waals surface area contributed by atoms with Crippen molar-refractivity contribution in [1.82, 2.24) is 9.38 Å². The first-order valence-corrected chi connectivity index (χ1v) is 6.32. The molecule has 3 nitrogen and oxygen atoms in total. The first-order valence-electron chi connectivity index (χ1n) is 5.53. The van der Waals surface area contributed by atoms with Gasteiger partial charge in [-0.1, -0.05) is 6.07 Å². The van der Waals surface area contributed by atoms with Crippen LogP contribution < -0.4 is 0 Å². The monoisotopic (exact) mass is 280 g/mol. The molecule has 3 rings (SSSR count). The summed E-state index contributed by atoms with van der Waals surface area (Å²) in [7, 11) is 0. The summed E-state index contributed by atoms with van der Waals surface area (Å²) >= 11 is 3.52. The van der Waals surface area contributed by atoms with Gasteiger partial charge in [-0.15, -0.1) is 0 Å². The Labute approximate surface area is 103 Å². The van der Waals surface area contributed by atoms with Gasteiger partial charge in [0.25, 0.3) is 0 Å². The van der Waals surface area contributed by atoms with Gasteiger partial charge in [-0.25, -0.2) is 4.98 Å². The number of rotatable bonds is 2. The number of pyridine rings is 1. The van der Waals surface area contributed by atoms with Gasteiger partial charge in [0.2, 0.25) is 0 Å². The largest absolute Gasteiger partial charge is 0.381 e. The predicted molar refractivity (Wildman–Crippen MR) is 65.5 cm³/mol. The number of aromatic nitrogens is 2. The topological polar surface area (TPSA) is 26.5 Å². The summed E-state index contributed by atoms with van der Waals surface area (Å²) in [6, 6.07) is 6.06. The van der Waals surface area contributed by atoms with Crippen molar-refractivity contribution in [2.75, 3.05) is 13.2 Å². The summed E-state index contributed by atoms with van der Waals surface area (Å²) in [5.41, 5.74) is 2.16. The molecule has 4 heteroatoms. The van der Waals surface area contributed by atoms with Gasteiger partial charge in [-0.05, 0) is 46.8 Å². The van der Waals surface area contributed by atoms with Gasteiger partial charge >= 0.3 is 0 Å². The summed E-state index contributed by atoms with van der Waals surface area (Å²) in [5, 5.41) is 0. The Morgan fingerprint density at radius 1 is 1.50 bits per heavy atom. The summed E-state index contributed by atoms with van der Waals surface area (Å²) < 4.78 is 8.51. The van der Waals surface area contributed by atoms with Gasteiger partial charge < -0.3 is 4.74 Å². The molecule has 1 fully saturated rings. The number of hydrogen-bond donors (Lipinski definition) is 0. The van der Waals surface area contributed by atoms with E-state index in [0.717, 1.165) is 42.0 Å². The molecule has 1 atom stereocenters. The van der Waals surface area contributed by atoms with Gasteiger partial charge in [-0.2, -0.15) is 0 Å². The molecule has 0 radical (unpaired) electrons. The number of ether oxygens (including phenoxy) is 1. The fourth-order valence-corrected chi connectivity index (χ4v) is 2.60. The van der Waals surface area contributed by atoms with Crippen molar-refractivity contribution in [3.05, 3.63) is 34.7 Å². The Hall–Kier alpha value is -0.870. The maximum absolute atomic E-state index is 5.38. The van der Waals surface area contributed by atoms with E-state index in [1.165, 1.54) is 0 Å². The molecular weight excluding hydrogens is 268 g/mol. The standard InChI is InChI=1S/C12H13BrN2O/c13-11-2-1-3-12-14-10(7-15(11)12)6-9-4-5-16-8-9/h1-3,7,9H,4-6,8H2. The molecule has 0 saturated carbocycles. The second kappa shape index (κ2) is 4.18. The van der Waals surface area contributed by atoms with Crippen molar-refractivity contribution in [3.8, 4) is 0 Å². The average Bonchev–Trinajstić information content (AvgIpc) is 2.88. The minimum absolute atomic E-state index is 0.642. The van der Waals surface area contributed by atoms with Crippen LogP contribution in [0.3, 0.4) is 0 Å². The minimum Gasteiger partial charge on any atom is -0.381 e. The van der Waals surface area contributed by atoms with Crippen LogP contribution in [0.1, 0.15) is 12.1 Å². The zero-order valence-electron chi connectivity index (χ0n) is 8.90. The quantitative estimate of drug-likeness (QED) is 0.791. The molecular formula is C12H13BrN2O. The molecule has 0 amide bonds. The molecule has 1 aliphatic heterocycles. The number of halogens is 1. The van der Waals surface area contributed by atoms with E-state index < -0.39 is 0 Å². The second-order valence-corrected chi connectivity index (χ2v) is 5.06. The minimum atomic E-state index is 0.642. The molecule has 0 aromatic carbocycles. The molecule has 3 heterocycles. The van der Waals surface area contributed by atoms with Crippen LogP contribution in [0.4, 0.5) is 0 Å². The van der Waals surface area contributed by atoms with E-state index in [4.69, 9.17) is 4.74 Å². The van der Waals surface area contributed by atoms with Crippen LogP contribution in [-0.2, 0) is 11.2 Å². The van der Waals surface area contributed by atoms with E-state index >= 15 is 0 Å². The zero-order valence-corrected chi connectivity index (χ0v) is 10.5. The molecule has 1 saturated heterocycles. The van der Waals surface area contributed by atoms with Crippen LogP contribution in [0.5, 0.6) is 0 Å². The van der Waals surface area contributed by atoms with Crippen molar-refractivity contribution < 1.29 is 4.74 Å². The van der Waals surface area contributed by atoms with E-state index in [2.05, 4.69) is 31.5 Å². The molecule has 0 aliphatic carbocycles. The fourth-order valence-electron chi connectivity index (χ4n) is 2.17. The van der Waals surface area contributed by atoms with Crippen molar-refractivity contribution in [1.29, 1.82) is 0 Å². The van der Waals surface area contributed by atoms with E-state index in [1.807, 2.05) is 18.2 Å². The van der Waals surface area contributed by atoms with Crippen molar-refractivity contribution >= 4 is 21.6 Å². The molecule has 1 aliphatic rings. The molecule has 0 N–H and O–H groups in total. The Morgan fingerprint density at radius 3 is 3.19 bits per heavy atom. The third-order valence-electron chi connectivity index (χ3n) is 3.01. The highest BCUT2D eigenvalue weighted by molar-refractivity contribution is 9.10. The number of hydrogen-bond acceptors (Lipinski definition) is 2. The normalized spacial score (nSPS) is 20.7. The van der Waals surface area contributed by atoms with E-state index in [-0.39, 0.29) is 0 Å². The third-order valence-corrected chi connectivity index (χ3v) is 3.66. The maximum atomic E-state index is 5.38. The summed E-state index contributed by atoms with van der Waals surface area (Å²) in [4.78, 5) is 4.61. The van der Waals surface area contributed by atoms with Crippen LogP contribution in [-0.4, -0.2) is 22.6 Å². The van der Waals surface area contributed by atoms with Gasteiger partial charge in [0.05, 0.1) is 10.3 Å². The molecule has 0 spiro atoms. The van der Waals surface area contributed by atoms with Gasteiger partial charge in [0.15, 0.2) is 0 Å². The number of fused-ring (bicyclic) bond motifs is 1. The third kappa shape index (κ3) is 1.87. The lowest BCUT2D eigenvalue weighted by Gasteiger charge is -2.02. The Morgan fingerprint density at radius 2 is 2.44 bits per heavy atom. The highest BCUT2D eigenvalue weighted by atomic mass is 79.9. The highest BCUT2D eigenvalue weighted by Gasteiger charge is 2.17. The molecule has 2 aromatic rings. The van der Waals surface area contributed by atoms with Crippen LogP contribution >= 0.6 is 15.9 Å². The van der Waals surface area contributed by atoms with Crippen molar-refractivity contribution in [3.63, 3.8) is 0 Å². The number of imidazole rings is 1. The van der Waals surface area contributed by atoms with Gasteiger partial charge in [0, 0.05) is 19.4 Å². The lowest BCUT2D eigenvalue weighted by molar-refractivity contribution is 0.185. The summed E-state index contributed by atoms with van der Waals surface area (Å²) in [6.07, 6.45) is 4.29. The molecule has 2 aromatic heterocycles. The maximum Gasteiger partial charge on any atom is 0.137 e. The predicted octanol–water partition coefficient (Wildman–Crippen LogP) is 2.68. The second-order valence-electron chi connectivity index (χ2n) is 4.24. The van der Waals surface area contributed by atoms with E-state index in [0.29, 0.717) is 5.92 Å². The van der Waals surface area contributed by atoms with Crippen LogP contribution in [0.2, 0.25) is 0 Å². The summed E-state index contributed by atoms with van der Waals surface area (Å²) in [6.45, 7) is 1.79. The average molecular weight is 281 g/mol. The Bertz CT molecular complexity index is 503. The van der Waals surface area contributed by atoms with Crippen LogP contribution in [0.25, 0.3) is 5.65 Å². The molecule has 84 valence electrons. The van der Waals surface area contributed by atoms with Crippen molar-refractivity contribution in [2.24, 2.45) is 5.92 Å². The molecule has 1 unspecified atom stereocenters. The fraction of sp³-hybridized carbons (Fsp3) is 0.417. The SMILES string of the molecule is Brc1cccc2nc(CC3CCOC3)cn12. The van der Waals surface area contributed by atoms with Crippen LogP contribution in [0, 0.1) is 5.92 Å². The molecule has 0 bridgehead atoms. The van der Waals surface area contributed by atoms with Crippen molar-refractivity contribution in [2.45, 2.75) is 12.8 Å². The van der Waals surface area contributed by atoms with E-state index in [9.17, 15) is 0 Å². The number of nitrogens with zero attached hydrogens (tertiary/aromatic N) is 2. The first-order chi connectivity index (χ1) is 7.83. The zero-order chi connectivity index (χ0) is 11.0. The lowest BCUT2D eigenvalue weighted by atomic mass is 10.0. The first kappa shape index (κ1) is 10.3. The Balaban J connectivity index is 1.90. The highest BCUT2D eigenvalue weighted by Crippen LogP contribution is 2.20. The smallest absolute Gasteiger partial charge is 0.137 e. The van der Waals surface area contributed by atoms with Gasteiger partial charge in [0.1, 0.15) is 5.65 Å². The van der Waals surface area contributed by atoms with Crippen LogP contribution in [0.15, 0.2) is 29.0 Å². The van der Waals surface area contributed by atoms with Gasteiger partial charge in [-0.3, -0.25) is 4.40 Å².